The van der Waals surface area contributed by atoms with Gasteiger partial charge in [0, 0.05) is 17.3 Å². The van der Waals surface area contributed by atoms with Crippen molar-refractivity contribution in [1.29, 1.82) is 0 Å². The lowest BCUT2D eigenvalue weighted by Gasteiger charge is -2.17. The number of hydrogen-bond donors (Lipinski definition) is 1. The van der Waals surface area contributed by atoms with Crippen molar-refractivity contribution >= 4 is 34.2 Å². The summed E-state index contributed by atoms with van der Waals surface area (Å²) < 4.78 is 10.7. The molecule has 1 aromatic carbocycles. The molecule has 7 nitrogen and oxygen atoms in total. The maximum Gasteiger partial charge on any atom is 0.341 e. The van der Waals surface area contributed by atoms with Crippen molar-refractivity contribution < 1.29 is 23.9 Å². The van der Waals surface area contributed by atoms with Crippen molar-refractivity contribution in [3.05, 3.63) is 71.0 Å². The van der Waals surface area contributed by atoms with Crippen LogP contribution in [0, 0.1) is 0 Å². The van der Waals surface area contributed by atoms with Crippen LogP contribution >= 0.6 is 11.3 Å². The number of pyridine rings is 1. The summed E-state index contributed by atoms with van der Waals surface area (Å²) in [6, 6.07) is 11.1. The third kappa shape index (κ3) is 4.66. The highest BCUT2D eigenvalue weighted by Gasteiger charge is 2.31. The van der Waals surface area contributed by atoms with Gasteiger partial charge in [0.25, 0.3) is 5.91 Å². The van der Waals surface area contributed by atoms with Crippen LogP contribution < -0.4 is 5.32 Å². The van der Waals surface area contributed by atoms with Gasteiger partial charge in [0.05, 0.1) is 17.7 Å². The number of carbonyl (C=O) groups is 3. The number of aromatic nitrogens is 1. The minimum absolute atomic E-state index is 0.231. The Bertz CT molecular complexity index is 1190. The second kappa shape index (κ2) is 9.95. The van der Waals surface area contributed by atoms with E-state index in [0.717, 1.165) is 22.4 Å². The number of ether oxygens (including phenoxy) is 2. The molecule has 170 valence electrons. The molecule has 2 heterocycles. The Balaban J connectivity index is 1.63. The molecule has 0 aliphatic heterocycles. The van der Waals surface area contributed by atoms with Gasteiger partial charge < -0.3 is 14.8 Å². The van der Waals surface area contributed by atoms with Crippen molar-refractivity contribution in [1.82, 2.24) is 4.98 Å². The average molecular weight is 465 g/mol. The second-order valence-electron chi connectivity index (χ2n) is 7.52. The highest BCUT2D eigenvalue weighted by Crippen LogP contribution is 2.45. The molecule has 1 aliphatic rings. The van der Waals surface area contributed by atoms with E-state index in [2.05, 4.69) is 16.4 Å². The van der Waals surface area contributed by atoms with Gasteiger partial charge in [-0.1, -0.05) is 31.2 Å². The summed E-state index contributed by atoms with van der Waals surface area (Å²) in [5.74, 6) is -1.56. The quantitative estimate of drug-likeness (QED) is 0.511. The number of anilines is 1. The van der Waals surface area contributed by atoms with Crippen molar-refractivity contribution in [2.24, 2.45) is 0 Å². The van der Waals surface area contributed by atoms with E-state index in [-0.39, 0.29) is 13.0 Å². The lowest BCUT2D eigenvalue weighted by Crippen LogP contribution is -2.32. The zero-order valence-electron chi connectivity index (χ0n) is 18.4. The average Bonchev–Trinajstić information content (AvgIpc) is 3.21. The van der Waals surface area contributed by atoms with Gasteiger partial charge in [-0.05, 0) is 55.0 Å². The minimum Gasteiger partial charge on any atom is -0.462 e. The summed E-state index contributed by atoms with van der Waals surface area (Å²) in [4.78, 5) is 43.2. The van der Waals surface area contributed by atoms with Crippen molar-refractivity contribution in [2.75, 3.05) is 11.9 Å². The molecule has 4 rings (SSSR count). The SMILES string of the molecule is CCOC(=O)c1c(NC(=O)C(CC)OC(=O)c2ccncc2)sc2c1CCc1ccccc1-2. The zero-order valence-corrected chi connectivity index (χ0v) is 19.2. The third-order valence-electron chi connectivity index (χ3n) is 5.46. The summed E-state index contributed by atoms with van der Waals surface area (Å²) in [5, 5.41) is 3.25. The Morgan fingerprint density at radius 3 is 2.55 bits per heavy atom. The van der Waals surface area contributed by atoms with E-state index >= 15 is 0 Å². The zero-order chi connectivity index (χ0) is 23.4. The van der Waals surface area contributed by atoms with Crippen LogP contribution in [0.3, 0.4) is 0 Å². The number of benzene rings is 1. The van der Waals surface area contributed by atoms with Gasteiger partial charge in [0.15, 0.2) is 6.10 Å². The van der Waals surface area contributed by atoms with E-state index in [9.17, 15) is 14.4 Å². The molecule has 1 N–H and O–H groups in total. The molecule has 8 heteroatoms. The molecule has 1 amide bonds. The third-order valence-corrected chi connectivity index (χ3v) is 6.64. The largest absolute Gasteiger partial charge is 0.462 e. The Hall–Kier alpha value is -3.52. The summed E-state index contributed by atoms with van der Waals surface area (Å²) >= 11 is 1.35. The number of esters is 2. The van der Waals surface area contributed by atoms with Crippen LogP contribution in [-0.4, -0.2) is 35.5 Å². The van der Waals surface area contributed by atoms with Crippen molar-refractivity contribution in [3.8, 4) is 10.4 Å². The molecule has 0 bridgehead atoms. The number of fused-ring (bicyclic) bond motifs is 3. The number of thiophene rings is 1. The summed E-state index contributed by atoms with van der Waals surface area (Å²) in [5.41, 5.74) is 3.85. The normalized spacial score (nSPS) is 12.8. The van der Waals surface area contributed by atoms with E-state index in [0.29, 0.717) is 22.5 Å². The molecule has 2 aromatic heterocycles. The Labute approximate surface area is 195 Å². The minimum atomic E-state index is -1.01. The number of amides is 1. The Morgan fingerprint density at radius 2 is 1.82 bits per heavy atom. The Morgan fingerprint density at radius 1 is 1.06 bits per heavy atom. The van der Waals surface area contributed by atoms with Gasteiger partial charge in [-0.2, -0.15) is 0 Å². The maximum atomic E-state index is 13.1. The van der Waals surface area contributed by atoms with E-state index < -0.39 is 23.9 Å². The molecule has 0 fully saturated rings. The standard InChI is InChI=1S/C25H24N2O5S/c1-3-19(32-24(29)16-11-13-26-14-12-16)22(28)27-23-20(25(30)31-4-2)18-10-9-15-7-5-6-8-17(15)21(18)33-23/h5-8,11-14,19H,3-4,9-10H2,1-2H3,(H,27,28). The lowest BCUT2D eigenvalue weighted by atomic mass is 9.89. The predicted octanol–water partition coefficient (Wildman–Crippen LogP) is 4.66. The highest BCUT2D eigenvalue weighted by atomic mass is 32.1. The molecule has 1 aliphatic carbocycles. The maximum absolute atomic E-state index is 13.1. The molecule has 1 unspecified atom stereocenters. The van der Waals surface area contributed by atoms with Gasteiger partial charge in [-0.15, -0.1) is 11.3 Å². The number of hydrogen-bond acceptors (Lipinski definition) is 7. The first-order valence-electron chi connectivity index (χ1n) is 10.9. The van der Waals surface area contributed by atoms with Crippen LogP contribution in [0.15, 0.2) is 48.8 Å². The fourth-order valence-electron chi connectivity index (χ4n) is 3.85. The molecule has 0 spiro atoms. The van der Waals surface area contributed by atoms with E-state index in [1.165, 1.54) is 41.4 Å². The van der Waals surface area contributed by atoms with Crippen LogP contribution in [0.4, 0.5) is 5.00 Å². The van der Waals surface area contributed by atoms with Gasteiger partial charge in [-0.25, -0.2) is 9.59 Å². The van der Waals surface area contributed by atoms with Crippen LogP contribution in [0.25, 0.3) is 10.4 Å². The molecule has 3 aromatic rings. The van der Waals surface area contributed by atoms with E-state index in [1.807, 2.05) is 18.2 Å². The summed E-state index contributed by atoms with van der Waals surface area (Å²) in [6.07, 6.45) is 3.73. The van der Waals surface area contributed by atoms with Crippen LogP contribution in [0.1, 0.15) is 52.1 Å². The van der Waals surface area contributed by atoms with Crippen molar-refractivity contribution in [3.63, 3.8) is 0 Å². The highest BCUT2D eigenvalue weighted by molar-refractivity contribution is 7.20. The lowest BCUT2D eigenvalue weighted by molar-refractivity contribution is -0.124. The first-order chi connectivity index (χ1) is 16.0. The Kier molecular flexibility index (Phi) is 6.84. The van der Waals surface area contributed by atoms with Crippen LogP contribution in [0.2, 0.25) is 0 Å². The predicted molar refractivity (Wildman–Crippen MR) is 125 cm³/mol. The topological polar surface area (TPSA) is 94.6 Å². The summed E-state index contributed by atoms with van der Waals surface area (Å²) in [7, 11) is 0. The number of nitrogens with zero attached hydrogens (tertiary/aromatic N) is 1. The fraction of sp³-hybridized carbons (Fsp3) is 0.280. The van der Waals surface area contributed by atoms with E-state index in [4.69, 9.17) is 9.47 Å². The van der Waals surface area contributed by atoms with Gasteiger partial charge in [-0.3, -0.25) is 9.78 Å². The van der Waals surface area contributed by atoms with Gasteiger partial charge >= 0.3 is 11.9 Å². The number of aryl methyl sites for hydroxylation is 1. The van der Waals surface area contributed by atoms with Crippen LogP contribution in [-0.2, 0) is 27.1 Å². The molecule has 0 radical (unpaired) electrons. The molecule has 33 heavy (non-hydrogen) atoms. The molecule has 1 atom stereocenters. The number of rotatable bonds is 7. The number of carbonyl (C=O) groups excluding carboxylic acids is 3. The molecule has 0 saturated heterocycles. The molecular weight excluding hydrogens is 440 g/mol. The molecular formula is C25H24N2O5S. The second-order valence-corrected chi connectivity index (χ2v) is 8.54. The molecule has 0 saturated carbocycles. The smallest absolute Gasteiger partial charge is 0.341 e. The fourth-order valence-corrected chi connectivity index (χ4v) is 5.15. The first kappa shape index (κ1) is 22.7. The van der Waals surface area contributed by atoms with Gasteiger partial charge in [0.1, 0.15) is 5.00 Å². The first-order valence-corrected chi connectivity index (χ1v) is 11.7. The van der Waals surface area contributed by atoms with Crippen LogP contribution in [0.5, 0.6) is 0 Å². The van der Waals surface area contributed by atoms with Crippen molar-refractivity contribution in [2.45, 2.75) is 39.2 Å². The summed E-state index contributed by atoms with van der Waals surface area (Å²) in [6.45, 7) is 3.73. The van der Waals surface area contributed by atoms with E-state index in [1.54, 1.807) is 13.8 Å². The van der Waals surface area contributed by atoms with Gasteiger partial charge in [0.2, 0.25) is 0 Å². The number of nitrogens with one attached hydrogen (secondary N) is 1. The monoisotopic (exact) mass is 464 g/mol.